The summed E-state index contributed by atoms with van der Waals surface area (Å²) in [5, 5.41) is 12.6. The van der Waals surface area contributed by atoms with Crippen LogP contribution in [0.2, 0.25) is 0 Å². The van der Waals surface area contributed by atoms with Gasteiger partial charge in [-0.1, -0.05) is 18.2 Å². The van der Waals surface area contributed by atoms with E-state index in [1.165, 1.54) is 11.3 Å². The molecule has 2 rings (SSSR count). The number of anilines is 1. The molecular weight excluding hydrogens is 296 g/mol. The van der Waals surface area contributed by atoms with Gasteiger partial charge in [-0.3, -0.25) is 4.79 Å². The van der Waals surface area contributed by atoms with Crippen LogP contribution < -0.4 is 10.1 Å². The van der Waals surface area contributed by atoms with Crippen molar-refractivity contribution in [3.8, 4) is 11.8 Å². The lowest BCUT2D eigenvalue weighted by atomic mass is 10.1. The Labute approximate surface area is 134 Å². The molecule has 0 bridgehead atoms. The fourth-order valence-electron chi connectivity index (χ4n) is 1.93. The Bertz CT molecular complexity index is 727. The third-order valence-electron chi connectivity index (χ3n) is 3.39. The second-order valence-corrected chi connectivity index (χ2v) is 6.70. The number of thiophene rings is 1. The van der Waals surface area contributed by atoms with Gasteiger partial charge in [-0.15, -0.1) is 11.3 Å². The zero-order chi connectivity index (χ0) is 16.3. The summed E-state index contributed by atoms with van der Waals surface area (Å²) in [5.74, 6) is 0.343. The number of ether oxygens (including phenoxy) is 1. The van der Waals surface area contributed by atoms with Crippen molar-refractivity contribution in [2.24, 2.45) is 0 Å². The van der Waals surface area contributed by atoms with Gasteiger partial charge in [-0.05, 0) is 45.4 Å². The lowest BCUT2D eigenvalue weighted by molar-refractivity contribution is -0.128. The van der Waals surface area contributed by atoms with Gasteiger partial charge < -0.3 is 10.1 Å². The second-order valence-electron chi connectivity index (χ2n) is 5.48. The average molecular weight is 314 g/mol. The number of nitriles is 1. The number of rotatable bonds is 4. The van der Waals surface area contributed by atoms with Crippen LogP contribution in [-0.4, -0.2) is 11.5 Å². The predicted molar refractivity (Wildman–Crippen MR) is 88.3 cm³/mol. The summed E-state index contributed by atoms with van der Waals surface area (Å²) in [4.78, 5) is 13.5. The molecule has 0 saturated heterocycles. The number of benzene rings is 1. The van der Waals surface area contributed by atoms with Gasteiger partial charge >= 0.3 is 0 Å². The Kier molecular flexibility index (Phi) is 4.53. The largest absolute Gasteiger partial charge is 0.478 e. The Morgan fingerprint density at radius 3 is 2.50 bits per heavy atom. The second kappa shape index (κ2) is 6.20. The van der Waals surface area contributed by atoms with Crippen LogP contribution in [0.25, 0.3) is 0 Å². The zero-order valence-electron chi connectivity index (χ0n) is 13.1. The van der Waals surface area contributed by atoms with Crippen LogP contribution >= 0.6 is 11.3 Å². The van der Waals surface area contributed by atoms with E-state index in [0.717, 1.165) is 10.4 Å². The van der Waals surface area contributed by atoms with Crippen molar-refractivity contribution in [2.75, 3.05) is 5.32 Å². The Morgan fingerprint density at radius 1 is 1.27 bits per heavy atom. The first-order valence-corrected chi connectivity index (χ1v) is 7.72. The molecule has 114 valence electrons. The molecule has 2 aromatic rings. The number of hydrogen-bond acceptors (Lipinski definition) is 4. The molecule has 0 spiro atoms. The average Bonchev–Trinajstić information content (AvgIpc) is 2.73. The summed E-state index contributed by atoms with van der Waals surface area (Å²) < 4.78 is 5.76. The Hall–Kier alpha value is -2.32. The van der Waals surface area contributed by atoms with Gasteiger partial charge in [0.1, 0.15) is 16.8 Å². The van der Waals surface area contributed by atoms with Crippen molar-refractivity contribution in [1.29, 1.82) is 5.26 Å². The van der Waals surface area contributed by atoms with Crippen molar-refractivity contribution < 1.29 is 9.53 Å². The van der Waals surface area contributed by atoms with E-state index in [1.807, 2.05) is 32.0 Å². The number of amides is 1. The van der Waals surface area contributed by atoms with E-state index in [4.69, 9.17) is 4.74 Å². The molecular formula is C17H18N2O2S. The van der Waals surface area contributed by atoms with E-state index in [-0.39, 0.29) is 5.91 Å². The minimum absolute atomic E-state index is 0.283. The topological polar surface area (TPSA) is 62.1 Å². The highest BCUT2D eigenvalue weighted by Crippen LogP contribution is 2.32. The number of para-hydroxylation sites is 1. The molecule has 0 saturated carbocycles. The molecule has 0 fully saturated rings. The lowest BCUT2D eigenvalue weighted by Gasteiger charge is -2.25. The van der Waals surface area contributed by atoms with Crippen molar-refractivity contribution in [3.63, 3.8) is 0 Å². The van der Waals surface area contributed by atoms with Crippen molar-refractivity contribution in [2.45, 2.75) is 33.3 Å². The molecule has 1 aromatic heterocycles. The van der Waals surface area contributed by atoms with Crippen LogP contribution in [0.3, 0.4) is 0 Å². The van der Waals surface area contributed by atoms with E-state index < -0.39 is 5.60 Å². The highest BCUT2D eigenvalue weighted by Gasteiger charge is 2.31. The minimum Gasteiger partial charge on any atom is -0.478 e. The first-order chi connectivity index (χ1) is 10.3. The predicted octanol–water partition coefficient (Wildman–Crippen LogP) is 4.03. The van der Waals surface area contributed by atoms with Crippen LogP contribution in [0, 0.1) is 25.2 Å². The van der Waals surface area contributed by atoms with E-state index in [9.17, 15) is 10.1 Å². The first kappa shape index (κ1) is 16.1. The lowest BCUT2D eigenvalue weighted by Crippen LogP contribution is -2.42. The van der Waals surface area contributed by atoms with Crippen LogP contribution in [-0.2, 0) is 4.79 Å². The molecule has 1 aromatic carbocycles. The molecule has 1 amide bonds. The summed E-state index contributed by atoms with van der Waals surface area (Å²) >= 11 is 1.41. The summed E-state index contributed by atoms with van der Waals surface area (Å²) in [6.07, 6.45) is 0. The molecule has 5 heteroatoms. The van der Waals surface area contributed by atoms with Gasteiger partial charge in [0.05, 0.1) is 5.56 Å². The van der Waals surface area contributed by atoms with Gasteiger partial charge in [-0.25, -0.2) is 0 Å². The number of carbonyl (C=O) groups is 1. The van der Waals surface area contributed by atoms with Gasteiger partial charge in [0.25, 0.3) is 5.91 Å². The number of carbonyl (C=O) groups excluding carboxylic acids is 1. The molecule has 22 heavy (non-hydrogen) atoms. The molecule has 0 unspecified atom stereocenters. The fourth-order valence-corrected chi connectivity index (χ4v) is 2.94. The Morgan fingerprint density at radius 2 is 1.91 bits per heavy atom. The third-order valence-corrected chi connectivity index (χ3v) is 4.51. The van der Waals surface area contributed by atoms with E-state index >= 15 is 0 Å². The Balaban J connectivity index is 2.18. The minimum atomic E-state index is -1.04. The first-order valence-electron chi connectivity index (χ1n) is 6.90. The van der Waals surface area contributed by atoms with Crippen molar-refractivity contribution in [3.05, 3.63) is 46.3 Å². The smallest absolute Gasteiger partial charge is 0.268 e. The molecule has 0 aliphatic heterocycles. The molecule has 1 N–H and O–H groups in total. The van der Waals surface area contributed by atoms with E-state index in [1.54, 1.807) is 26.0 Å². The van der Waals surface area contributed by atoms with Gasteiger partial charge in [-0.2, -0.15) is 5.26 Å². The SMILES string of the molecule is Cc1sc(NC(=O)C(C)(C)Oc2ccccc2)c(C#N)c1C. The van der Waals surface area contributed by atoms with Crippen LogP contribution in [0.15, 0.2) is 30.3 Å². The van der Waals surface area contributed by atoms with Crippen LogP contribution in [0.5, 0.6) is 5.75 Å². The maximum atomic E-state index is 12.5. The summed E-state index contributed by atoms with van der Waals surface area (Å²) in [6.45, 7) is 7.22. The molecule has 1 heterocycles. The molecule has 0 radical (unpaired) electrons. The number of nitrogens with zero attached hydrogens (tertiary/aromatic N) is 1. The summed E-state index contributed by atoms with van der Waals surface area (Å²) in [5.41, 5.74) is 0.385. The highest BCUT2D eigenvalue weighted by atomic mass is 32.1. The van der Waals surface area contributed by atoms with Gasteiger partial charge in [0.15, 0.2) is 5.60 Å². The third kappa shape index (κ3) is 3.29. The maximum absolute atomic E-state index is 12.5. The standard InChI is InChI=1S/C17H18N2O2S/c1-11-12(2)22-15(14(11)10-18)19-16(20)17(3,4)21-13-8-6-5-7-9-13/h5-9H,1-4H3,(H,19,20). The van der Waals surface area contributed by atoms with E-state index in [0.29, 0.717) is 16.3 Å². The molecule has 4 nitrogen and oxygen atoms in total. The van der Waals surface area contributed by atoms with E-state index in [2.05, 4.69) is 11.4 Å². The molecule has 0 atom stereocenters. The highest BCUT2D eigenvalue weighted by molar-refractivity contribution is 7.16. The normalized spacial score (nSPS) is 10.9. The van der Waals surface area contributed by atoms with Crippen molar-refractivity contribution >= 4 is 22.2 Å². The van der Waals surface area contributed by atoms with Gasteiger partial charge in [0, 0.05) is 4.88 Å². The zero-order valence-corrected chi connectivity index (χ0v) is 13.9. The summed E-state index contributed by atoms with van der Waals surface area (Å²) in [7, 11) is 0. The molecule has 0 aliphatic carbocycles. The summed E-state index contributed by atoms with van der Waals surface area (Å²) in [6, 6.07) is 11.3. The quantitative estimate of drug-likeness (QED) is 0.926. The monoisotopic (exact) mass is 314 g/mol. The number of aryl methyl sites for hydroxylation is 1. The number of hydrogen-bond donors (Lipinski definition) is 1. The van der Waals surface area contributed by atoms with Gasteiger partial charge in [0.2, 0.25) is 0 Å². The van der Waals surface area contributed by atoms with Crippen molar-refractivity contribution in [1.82, 2.24) is 0 Å². The fraction of sp³-hybridized carbons (Fsp3) is 0.294. The van der Waals surface area contributed by atoms with Crippen LogP contribution in [0.4, 0.5) is 5.00 Å². The number of nitrogens with one attached hydrogen (secondary N) is 1. The van der Waals surface area contributed by atoms with Crippen LogP contribution in [0.1, 0.15) is 29.9 Å². The molecule has 0 aliphatic rings. The maximum Gasteiger partial charge on any atom is 0.268 e.